The minimum atomic E-state index is -0.821. The molecule has 0 aliphatic rings. The van der Waals surface area contributed by atoms with Crippen LogP contribution in [-0.4, -0.2) is 11.1 Å². The maximum absolute atomic E-state index is 10.3. The number of carboxylic acid groups (broad SMARTS) is 1. The molecule has 1 rings (SSSR count). The maximum Gasteiger partial charge on any atom is 0.303 e. The van der Waals surface area contributed by atoms with Gasteiger partial charge >= 0.3 is 5.97 Å². The Balaban J connectivity index is 2.71. The maximum atomic E-state index is 10.3. The SMILES string of the molecule is Nc1cc(Cl)cc(CCC(=O)O)c1. The highest BCUT2D eigenvalue weighted by Crippen LogP contribution is 2.17. The smallest absolute Gasteiger partial charge is 0.303 e. The lowest BCUT2D eigenvalue weighted by molar-refractivity contribution is -0.136. The summed E-state index contributed by atoms with van der Waals surface area (Å²) in [6.45, 7) is 0. The predicted octanol–water partition coefficient (Wildman–Crippen LogP) is 1.94. The van der Waals surface area contributed by atoms with E-state index < -0.39 is 5.97 Å². The molecule has 1 aromatic carbocycles. The van der Waals surface area contributed by atoms with E-state index in [1.165, 1.54) is 0 Å². The lowest BCUT2D eigenvalue weighted by atomic mass is 10.1. The van der Waals surface area contributed by atoms with Crippen LogP contribution in [0.4, 0.5) is 5.69 Å². The summed E-state index contributed by atoms with van der Waals surface area (Å²) in [4.78, 5) is 10.3. The number of nitrogen functional groups attached to an aromatic ring is 1. The summed E-state index contributed by atoms with van der Waals surface area (Å²) in [7, 11) is 0. The normalized spacial score (nSPS) is 9.92. The number of carboxylic acids is 1. The molecule has 0 bridgehead atoms. The second-order valence-corrected chi connectivity index (χ2v) is 3.22. The monoisotopic (exact) mass is 199 g/mol. The summed E-state index contributed by atoms with van der Waals surface area (Å²) in [5.41, 5.74) is 6.95. The molecule has 0 heterocycles. The number of aryl methyl sites for hydroxylation is 1. The van der Waals surface area contributed by atoms with Crippen LogP contribution >= 0.6 is 11.6 Å². The van der Waals surface area contributed by atoms with Crippen molar-refractivity contribution in [3.05, 3.63) is 28.8 Å². The largest absolute Gasteiger partial charge is 0.481 e. The van der Waals surface area contributed by atoms with Crippen LogP contribution < -0.4 is 5.73 Å². The zero-order valence-corrected chi connectivity index (χ0v) is 7.71. The summed E-state index contributed by atoms with van der Waals surface area (Å²) in [6, 6.07) is 5.08. The molecule has 0 aliphatic carbocycles. The molecular formula is C9H10ClNO2. The Bertz CT molecular complexity index is 305. The quantitative estimate of drug-likeness (QED) is 0.732. The van der Waals surface area contributed by atoms with Crippen LogP contribution in [0.2, 0.25) is 5.02 Å². The molecule has 70 valence electrons. The Morgan fingerprint density at radius 1 is 1.46 bits per heavy atom. The highest BCUT2D eigenvalue weighted by Gasteiger charge is 2.01. The van der Waals surface area contributed by atoms with Gasteiger partial charge < -0.3 is 10.8 Å². The molecule has 0 fully saturated rings. The number of aliphatic carboxylic acids is 1. The van der Waals surface area contributed by atoms with Gasteiger partial charge in [-0.25, -0.2) is 0 Å². The van der Waals surface area contributed by atoms with Crippen molar-refractivity contribution in [3.8, 4) is 0 Å². The number of nitrogens with two attached hydrogens (primary N) is 1. The average molecular weight is 200 g/mol. The van der Waals surface area contributed by atoms with Crippen molar-refractivity contribution >= 4 is 23.3 Å². The van der Waals surface area contributed by atoms with E-state index in [9.17, 15) is 4.79 Å². The van der Waals surface area contributed by atoms with Crippen LogP contribution in [0.15, 0.2) is 18.2 Å². The van der Waals surface area contributed by atoms with E-state index in [0.29, 0.717) is 17.1 Å². The van der Waals surface area contributed by atoms with Crippen molar-refractivity contribution in [3.63, 3.8) is 0 Å². The first-order chi connectivity index (χ1) is 6.08. The van der Waals surface area contributed by atoms with Gasteiger partial charge in [0.25, 0.3) is 0 Å². The topological polar surface area (TPSA) is 63.3 Å². The van der Waals surface area contributed by atoms with E-state index >= 15 is 0 Å². The van der Waals surface area contributed by atoms with Gasteiger partial charge in [0, 0.05) is 17.1 Å². The third kappa shape index (κ3) is 3.34. The Hall–Kier alpha value is -1.22. The number of carbonyl (C=O) groups is 1. The molecule has 0 saturated carbocycles. The van der Waals surface area contributed by atoms with Crippen LogP contribution in [0.1, 0.15) is 12.0 Å². The van der Waals surface area contributed by atoms with E-state index in [-0.39, 0.29) is 6.42 Å². The Morgan fingerprint density at radius 3 is 2.69 bits per heavy atom. The molecule has 0 unspecified atom stereocenters. The molecule has 0 amide bonds. The number of hydrogen-bond acceptors (Lipinski definition) is 2. The van der Waals surface area contributed by atoms with Gasteiger partial charge in [0.1, 0.15) is 0 Å². The van der Waals surface area contributed by atoms with Crippen molar-refractivity contribution < 1.29 is 9.90 Å². The molecule has 0 aliphatic heterocycles. The van der Waals surface area contributed by atoms with Gasteiger partial charge in [0.2, 0.25) is 0 Å². The molecule has 0 atom stereocenters. The van der Waals surface area contributed by atoms with E-state index in [1.807, 2.05) is 0 Å². The Morgan fingerprint density at radius 2 is 2.15 bits per heavy atom. The van der Waals surface area contributed by atoms with Gasteiger partial charge in [-0.1, -0.05) is 11.6 Å². The molecule has 0 spiro atoms. The highest BCUT2D eigenvalue weighted by atomic mass is 35.5. The number of halogens is 1. The lowest BCUT2D eigenvalue weighted by Gasteiger charge is -2.01. The zero-order chi connectivity index (χ0) is 9.84. The van der Waals surface area contributed by atoms with Gasteiger partial charge in [-0.05, 0) is 30.2 Å². The minimum absolute atomic E-state index is 0.0970. The van der Waals surface area contributed by atoms with Crippen LogP contribution in [0.5, 0.6) is 0 Å². The summed E-state index contributed by atoms with van der Waals surface area (Å²) in [5.74, 6) is -0.821. The van der Waals surface area contributed by atoms with Crippen LogP contribution in [-0.2, 0) is 11.2 Å². The molecule has 3 N–H and O–H groups in total. The lowest BCUT2D eigenvalue weighted by Crippen LogP contribution is -1.98. The molecule has 0 aromatic heterocycles. The van der Waals surface area contributed by atoms with Gasteiger partial charge in [-0.15, -0.1) is 0 Å². The van der Waals surface area contributed by atoms with Gasteiger partial charge in [-0.3, -0.25) is 4.79 Å². The molecule has 0 saturated heterocycles. The van der Waals surface area contributed by atoms with Crippen molar-refractivity contribution in [2.75, 3.05) is 5.73 Å². The number of rotatable bonds is 3. The first kappa shape index (κ1) is 9.86. The standard InChI is InChI=1S/C9H10ClNO2/c10-7-3-6(1-2-9(12)13)4-8(11)5-7/h3-5H,1-2,11H2,(H,12,13). The summed E-state index contributed by atoms with van der Waals surface area (Å²) < 4.78 is 0. The van der Waals surface area contributed by atoms with Gasteiger partial charge in [-0.2, -0.15) is 0 Å². The zero-order valence-electron chi connectivity index (χ0n) is 6.96. The average Bonchev–Trinajstić information content (AvgIpc) is 1.99. The summed E-state index contributed by atoms with van der Waals surface area (Å²) in [5, 5.41) is 8.99. The van der Waals surface area contributed by atoms with Crippen LogP contribution in [0.3, 0.4) is 0 Å². The number of anilines is 1. The fraction of sp³-hybridized carbons (Fsp3) is 0.222. The third-order valence-corrected chi connectivity index (χ3v) is 1.83. The highest BCUT2D eigenvalue weighted by molar-refractivity contribution is 6.30. The van der Waals surface area contributed by atoms with E-state index in [0.717, 1.165) is 5.56 Å². The fourth-order valence-corrected chi connectivity index (χ4v) is 1.34. The molecule has 4 heteroatoms. The third-order valence-electron chi connectivity index (χ3n) is 1.61. The Labute approximate surface area is 81.1 Å². The van der Waals surface area contributed by atoms with E-state index in [4.69, 9.17) is 22.4 Å². The second kappa shape index (κ2) is 4.14. The van der Waals surface area contributed by atoms with Crippen LogP contribution in [0, 0.1) is 0 Å². The first-order valence-electron chi connectivity index (χ1n) is 3.84. The van der Waals surface area contributed by atoms with Gasteiger partial charge in [0.05, 0.1) is 0 Å². The molecule has 3 nitrogen and oxygen atoms in total. The van der Waals surface area contributed by atoms with E-state index in [1.54, 1.807) is 18.2 Å². The van der Waals surface area contributed by atoms with Crippen molar-refractivity contribution in [2.45, 2.75) is 12.8 Å². The predicted molar refractivity (Wildman–Crippen MR) is 51.8 cm³/mol. The van der Waals surface area contributed by atoms with Gasteiger partial charge in [0.15, 0.2) is 0 Å². The molecule has 0 radical (unpaired) electrons. The minimum Gasteiger partial charge on any atom is -0.481 e. The number of benzene rings is 1. The Kier molecular flexibility index (Phi) is 3.14. The second-order valence-electron chi connectivity index (χ2n) is 2.79. The van der Waals surface area contributed by atoms with Crippen molar-refractivity contribution in [1.29, 1.82) is 0 Å². The molecular weight excluding hydrogens is 190 g/mol. The van der Waals surface area contributed by atoms with Crippen molar-refractivity contribution in [1.82, 2.24) is 0 Å². The fourth-order valence-electron chi connectivity index (χ4n) is 1.07. The van der Waals surface area contributed by atoms with Crippen LogP contribution in [0.25, 0.3) is 0 Å². The number of hydrogen-bond donors (Lipinski definition) is 2. The molecule has 1 aromatic rings. The first-order valence-corrected chi connectivity index (χ1v) is 4.22. The summed E-state index contributed by atoms with van der Waals surface area (Å²) >= 11 is 5.74. The molecule has 13 heavy (non-hydrogen) atoms. The summed E-state index contributed by atoms with van der Waals surface area (Å²) in [6.07, 6.45) is 0.555. The van der Waals surface area contributed by atoms with E-state index in [2.05, 4.69) is 0 Å². The van der Waals surface area contributed by atoms with Crippen molar-refractivity contribution in [2.24, 2.45) is 0 Å².